The standard InChI is InChI=1S/C17H16ClF3N2O/c1-2-15(11-6-8-13(18)9-7-11)23-16(24)22-14-5-3-4-12(10-14)17(19,20)21/h3-10,15H,2H2,1H3,(H2,22,23,24)/t15-/m0/s1. The smallest absolute Gasteiger partial charge is 0.331 e. The topological polar surface area (TPSA) is 41.1 Å². The fourth-order valence-corrected chi connectivity index (χ4v) is 2.34. The van der Waals surface area contributed by atoms with Gasteiger partial charge in [-0.2, -0.15) is 13.2 Å². The Balaban J connectivity index is 2.05. The van der Waals surface area contributed by atoms with Gasteiger partial charge in [0.05, 0.1) is 11.6 Å². The number of benzene rings is 2. The molecule has 0 bridgehead atoms. The van der Waals surface area contributed by atoms with Crippen LogP contribution in [0.1, 0.15) is 30.5 Å². The summed E-state index contributed by atoms with van der Waals surface area (Å²) >= 11 is 5.83. The highest BCUT2D eigenvalue weighted by atomic mass is 35.5. The zero-order chi connectivity index (χ0) is 17.7. The van der Waals surface area contributed by atoms with Crippen molar-refractivity contribution in [3.63, 3.8) is 0 Å². The SMILES string of the molecule is CC[C@H](NC(=O)Nc1cccc(C(F)(F)F)c1)c1ccc(Cl)cc1. The molecular formula is C17H16ClF3N2O. The summed E-state index contributed by atoms with van der Waals surface area (Å²) in [4.78, 5) is 12.1. The molecule has 0 aliphatic heterocycles. The summed E-state index contributed by atoms with van der Waals surface area (Å²) in [7, 11) is 0. The molecule has 3 nitrogen and oxygen atoms in total. The van der Waals surface area contributed by atoms with Crippen molar-refractivity contribution in [1.29, 1.82) is 0 Å². The Morgan fingerprint density at radius 2 is 1.83 bits per heavy atom. The molecule has 2 amide bonds. The summed E-state index contributed by atoms with van der Waals surface area (Å²) < 4.78 is 38.1. The average molecular weight is 357 g/mol. The van der Waals surface area contributed by atoms with Gasteiger partial charge >= 0.3 is 12.2 Å². The maximum atomic E-state index is 12.7. The van der Waals surface area contributed by atoms with Crippen LogP contribution in [0, 0.1) is 0 Å². The van der Waals surface area contributed by atoms with Crippen LogP contribution in [0.15, 0.2) is 48.5 Å². The number of carbonyl (C=O) groups is 1. The van der Waals surface area contributed by atoms with Gasteiger partial charge in [0.1, 0.15) is 0 Å². The molecule has 128 valence electrons. The van der Waals surface area contributed by atoms with Crippen LogP contribution in [0.5, 0.6) is 0 Å². The molecule has 2 aromatic rings. The number of rotatable bonds is 4. The molecule has 7 heteroatoms. The number of anilines is 1. The van der Waals surface area contributed by atoms with E-state index in [4.69, 9.17) is 11.6 Å². The minimum atomic E-state index is -4.45. The second kappa shape index (κ2) is 7.57. The summed E-state index contributed by atoms with van der Waals surface area (Å²) in [5.74, 6) is 0. The lowest BCUT2D eigenvalue weighted by Gasteiger charge is -2.18. The lowest BCUT2D eigenvalue weighted by atomic mass is 10.1. The van der Waals surface area contributed by atoms with Crippen molar-refractivity contribution in [2.24, 2.45) is 0 Å². The zero-order valence-electron chi connectivity index (χ0n) is 12.8. The molecule has 2 N–H and O–H groups in total. The normalized spacial score (nSPS) is 12.5. The molecule has 0 aliphatic rings. The summed E-state index contributed by atoms with van der Waals surface area (Å²) in [6, 6.07) is 10.7. The number of halogens is 4. The number of carbonyl (C=O) groups excluding carboxylic acids is 1. The van der Waals surface area contributed by atoms with Crippen LogP contribution in [-0.2, 0) is 6.18 Å². The molecular weight excluding hydrogens is 341 g/mol. The van der Waals surface area contributed by atoms with E-state index >= 15 is 0 Å². The number of amides is 2. The fraction of sp³-hybridized carbons (Fsp3) is 0.235. The van der Waals surface area contributed by atoms with Crippen LogP contribution in [0.2, 0.25) is 5.02 Å². The van der Waals surface area contributed by atoms with E-state index in [1.54, 1.807) is 24.3 Å². The van der Waals surface area contributed by atoms with Crippen LogP contribution in [0.25, 0.3) is 0 Å². The molecule has 2 aromatic carbocycles. The highest BCUT2D eigenvalue weighted by Crippen LogP contribution is 2.30. The van der Waals surface area contributed by atoms with Crippen LogP contribution in [0.4, 0.5) is 23.7 Å². The monoisotopic (exact) mass is 356 g/mol. The van der Waals surface area contributed by atoms with Crippen molar-refractivity contribution in [1.82, 2.24) is 5.32 Å². The minimum Gasteiger partial charge on any atom is -0.331 e. The quantitative estimate of drug-likeness (QED) is 0.732. The molecule has 0 aromatic heterocycles. The first-order chi connectivity index (χ1) is 11.3. The second-order valence-electron chi connectivity index (χ2n) is 5.19. The number of nitrogens with one attached hydrogen (secondary N) is 2. The summed E-state index contributed by atoms with van der Waals surface area (Å²) in [5, 5.41) is 5.74. The molecule has 0 fully saturated rings. The largest absolute Gasteiger partial charge is 0.416 e. The van der Waals surface area contributed by atoms with Gasteiger partial charge in [-0.05, 0) is 42.3 Å². The lowest BCUT2D eigenvalue weighted by Crippen LogP contribution is -2.32. The third-order valence-electron chi connectivity index (χ3n) is 3.43. The van der Waals surface area contributed by atoms with Gasteiger partial charge in [-0.3, -0.25) is 0 Å². The Bertz CT molecular complexity index is 702. The van der Waals surface area contributed by atoms with E-state index in [1.807, 2.05) is 6.92 Å². The van der Waals surface area contributed by atoms with E-state index in [1.165, 1.54) is 12.1 Å². The van der Waals surface area contributed by atoms with E-state index in [-0.39, 0.29) is 11.7 Å². The lowest BCUT2D eigenvalue weighted by molar-refractivity contribution is -0.137. The van der Waals surface area contributed by atoms with Crippen LogP contribution < -0.4 is 10.6 Å². The van der Waals surface area contributed by atoms with Gasteiger partial charge in [-0.25, -0.2) is 4.79 Å². The van der Waals surface area contributed by atoms with E-state index in [2.05, 4.69) is 10.6 Å². The molecule has 0 saturated heterocycles. The van der Waals surface area contributed by atoms with Crippen LogP contribution in [0.3, 0.4) is 0 Å². The number of urea groups is 1. The number of hydrogen-bond donors (Lipinski definition) is 2. The van der Waals surface area contributed by atoms with Crippen molar-refractivity contribution >= 4 is 23.3 Å². The van der Waals surface area contributed by atoms with Crippen LogP contribution in [-0.4, -0.2) is 6.03 Å². The first-order valence-corrected chi connectivity index (χ1v) is 7.67. The van der Waals surface area contributed by atoms with Gasteiger partial charge in [-0.1, -0.05) is 36.7 Å². The summed E-state index contributed by atoms with van der Waals surface area (Å²) in [5.41, 5.74) is 0.124. The molecule has 0 unspecified atom stereocenters. The third-order valence-corrected chi connectivity index (χ3v) is 3.69. The molecule has 0 aliphatic carbocycles. The van der Waals surface area contributed by atoms with Gasteiger partial charge in [-0.15, -0.1) is 0 Å². The van der Waals surface area contributed by atoms with E-state index in [0.717, 1.165) is 17.7 Å². The fourth-order valence-electron chi connectivity index (χ4n) is 2.21. The van der Waals surface area contributed by atoms with E-state index in [0.29, 0.717) is 11.4 Å². The minimum absolute atomic E-state index is 0.0771. The zero-order valence-corrected chi connectivity index (χ0v) is 13.6. The maximum Gasteiger partial charge on any atom is 0.416 e. The van der Waals surface area contributed by atoms with Crippen molar-refractivity contribution in [3.05, 3.63) is 64.7 Å². The van der Waals surface area contributed by atoms with E-state index in [9.17, 15) is 18.0 Å². The van der Waals surface area contributed by atoms with Gasteiger partial charge in [0, 0.05) is 10.7 Å². The molecule has 24 heavy (non-hydrogen) atoms. The molecule has 0 saturated carbocycles. The third kappa shape index (κ3) is 4.89. The highest BCUT2D eigenvalue weighted by molar-refractivity contribution is 6.30. The van der Waals surface area contributed by atoms with Crippen molar-refractivity contribution < 1.29 is 18.0 Å². The van der Waals surface area contributed by atoms with Gasteiger partial charge in [0.25, 0.3) is 0 Å². The van der Waals surface area contributed by atoms with E-state index < -0.39 is 17.8 Å². The van der Waals surface area contributed by atoms with Gasteiger partial charge in [0.2, 0.25) is 0 Å². The Labute approximate surface area is 142 Å². The molecule has 0 radical (unpaired) electrons. The highest BCUT2D eigenvalue weighted by Gasteiger charge is 2.30. The Kier molecular flexibility index (Phi) is 5.72. The van der Waals surface area contributed by atoms with Crippen molar-refractivity contribution in [2.75, 3.05) is 5.32 Å². The van der Waals surface area contributed by atoms with Crippen molar-refractivity contribution in [3.8, 4) is 0 Å². The molecule has 1 atom stereocenters. The number of hydrogen-bond acceptors (Lipinski definition) is 1. The van der Waals surface area contributed by atoms with Gasteiger partial charge < -0.3 is 10.6 Å². The maximum absolute atomic E-state index is 12.7. The molecule has 0 spiro atoms. The number of alkyl halides is 3. The van der Waals surface area contributed by atoms with Gasteiger partial charge in [0.15, 0.2) is 0 Å². The molecule has 2 rings (SSSR count). The predicted octanol–water partition coefficient (Wildman–Crippen LogP) is 5.63. The Morgan fingerprint density at radius 1 is 1.17 bits per heavy atom. The Hall–Kier alpha value is -2.21. The second-order valence-corrected chi connectivity index (χ2v) is 5.63. The Morgan fingerprint density at radius 3 is 2.42 bits per heavy atom. The van der Waals surface area contributed by atoms with Crippen molar-refractivity contribution in [2.45, 2.75) is 25.6 Å². The first-order valence-electron chi connectivity index (χ1n) is 7.30. The van der Waals surface area contributed by atoms with Crippen LogP contribution >= 0.6 is 11.6 Å². The molecule has 0 heterocycles. The summed E-state index contributed by atoms with van der Waals surface area (Å²) in [6.07, 6.45) is -3.83. The average Bonchev–Trinajstić information content (AvgIpc) is 2.53. The first kappa shape index (κ1) is 18.1. The predicted molar refractivity (Wildman–Crippen MR) is 88.1 cm³/mol. The summed E-state index contributed by atoms with van der Waals surface area (Å²) in [6.45, 7) is 1.89.